The minimum atomic E-state index is -5.33. The Morgan fingerprint density at radius 1 is 1.18 bits per heavy atom. The van der Waals surface area contributed by atoms with Gasteiger partial charge < -0.3 is 18.9 Å². The van der Waals surface area contributed by atoms with Crippen LogP contribution in [0.2, 0.25) is 0 Å². The third-order valence-electron chi connectivity index (χ3n) is 2.99. The fourth-order valence-electron chi connectivity index (χ4n) is 1.55. The van der Waals surface area contributed by atoms with E-state index in [-0.39, 0.29) is 31.8 Å². The summed E-state index contributed by atoms with van der Waals surface area (Å²) in [5.74, 6) is 0. The number of nitrogens with one attached hydrogen (secondary N) is 1. The molecule has 2 fully saturated rings. The van der Waals surface area contributed by atoms with Gasteiger partial charge in [0.1, 0.15) is 12.2 Å². The summed E-state index contributed by atoms with van der Waals surface area (Å²) in [6.07, 6.45) is -0.385. The van der Waals surface area contributed by atoms with Gasteiger partial charge in [0.25, 0.3) is 0 Å². The largest absolute Gasteiger partial charge is 0.511 e. The average Bonchev–Trinajstić information content (AvgIpc) is 3.27. The van der Waals surface area contributed by atoms with Gasteiger partial charge in [-0.1, -0.05) is 0 Å². The minimum absolute atomic E-state index is 0.00105. The summed E-state index contributed by atoms with van der Waals surface area (Å²) in [4.78, 5) is 0. The van der Waals surface area contributed by atoms with Crippen molar-refractivity contribution >= 4 is 10.0 Å². The first kappa shape index (κ1) is 17.9. The number of ether oxygens (including phenoxy) is 4. The van der Waals surface area contributed by atoms with Crippen LogP contribution in [0.4, 0.5) is 13.2 Å². The third-order valence-corrected chi connectivity index (χ3v) is 4.19. The van der Waals surface area contributed by atoms with E-state index in [9.17, 15) is 21.6 Å². The van der Waals surface area contributed by atoms with Crippen LogP contribution in [0.3, 0.4) is 0 Å². The molecule has 3 atom stereocenters. The summed E-state index contributed by atoms with van der Waals surface area (Å²) in [5.41, 5.74) is -5.31. The molecule has 2 heterocycles. The molecule has 0 spiro atoms. The second kappa shape index (κ2) is 7.41. The normalized spacial score (nSPS) is 26.0. The highest BCUT2D eigenvalue weighted by atomic mass is 32.2. The van der Waals surface area contributed by atoms with E-state index < -0.39 is 21.6 Å². The molecule has 0 radical (unpaired) electrons. The number of hydrogen-bond acceptors (Lipinski definition) is 6. The first-order valence-corrected chi connectivity index (χ1v) is 8.25. The van der Waals surface area contributed by atoms with Gasteiger partial charge in [-0.05, 0) is 6.42 Å². The van der Waals surface area contributed by atoms with E-state index >= 15 is 0 Å². The van der Waals surface area contributed by atoms with E-state index in [0.717, 1.165) is 0 Å². The highest BCUT2D eigenvalue weighted by Crippen LogP contribution is 2.21. The lowest BCUT2D eigenvalue weighted by molar-refractivity contribution is -0.0454. The van der Waals surface area contributed by atoms with Gasteiger partial charge in [-0.2, -0.15) is 13.2 Å². The molecule has 2 aliphatic heterocycles. The maximum Gasteiger partial charge on any atom is 0.511 e. The Labute approximate surface area is 126 Å². The van der Waals surface area contributed by atoms with Crippen molar-refractivity contribution in [1.82, 2.24) is 4.72 Å². The predicted octanol–water partition coefficient (Wildman–Crippen LogP) is 0.0151. The first-order chi connectivity index (χ1) is 10.3. The lowest BCUT2D eigenvalue weighted by atomic mass is 10.2. The molecule has 11 heteroatoms. The van der Waals surface area contributed by atoms with Crippen molar-refractivity contribution in [2.24, 2.45) is 0 Å². The lowest BCUT2D eigenvalue weighted by Gasteiger charge is -2.18. The zero-order chi connectivity index (χ0) is 16.2. The van der Waals surface area contributed by atoms with Gasteiger partial charge in [0.15, 0.2) is 0 Å². The summed E-state index contributed by atoms with van der Waals surface area (Å²) in [6, 6.07) is 0. The van der Waals surface area contributed by atoms with Crippen molar-refractivity contribution in [1.29, 1.82) is 0 Å². The summed E-state index contributed by atoms with van der Waals surface area (Å²) >= 11 is 0. The molecule has 7 nitrogen and oxygen atoms in total. The van der Waals surface area contributed by atoms with Crippen LogP contribution in [-0.4, -0.2) is 71.8 Å². The van der Waals surface area contributed by atoms with Crippen LogP contribution in [0, 0.1) is 0 Å². The standard InChI is InChI=1S/C11H18F3NO6S/c12-11(13,14)22(16,17)15-2-1-8(19-6-10-7-21-10)3-18-4-9-5-20-9/h8-10,15H,1-7H2. The molecule has 130 valence electrons. The maximum absolute atomic E-state index is 12.2. The highest BCUT2D eigenvalue weighted by molar-refractivity contribution is 7.90. The van der Waals surface area contributed by atoms with Crippen molar-refractivity contribution in [3.8, 4) is 0 Å². The first-order valence-electron chi connectivity index (χ1n) is 6.76. The van der Waals surface area contributed by atoms with Crippen LogP contribution >= 0.6 is 0 Å². The SMILES string of the molecule is O=S(=O)(NCCC(COCC1CO1)OCC1CO1)C(F)(F)F. The van der Waals surface area contributed by atoms with Gasteiger partial charge in [0.2, 0.25) is 0 Å². The molecule has 0 amide bonds. The van der Waals surface area contributed by atoms with E-state index in [1.807, 2.05) is 0 Å². The number of halogens is 3. The Hall–Kier alpha value is -0.460. The van der Waals surface area contributed by atoms with Gasteiger partial charge in [0, 0.05) is 6.54 Å². The van der Waals surface area contributed by atoms with Gasteiger partial charge in [-0.3, -0.25) is 0 Å². The molecular formula is C11H18F3NO6S. The Balaban J connectivity index is 1.69. The summed E-state index contributed by atoms with van der Waals surface area (Å²) in [6.45, 7) is 1.67. The molecule has 0 aromatic carbocycles. The predicted molar refractivity (Wildman–Crippen MR) is 67.6 cm³/mol. The van der Waals surface area contributed by atoms with Gasteiger partial charge in [-0.15, -0.1) is 0 Å². The molecule has 22 heavy (non-hydrogen) atoms. The summed E-state index contributed by atoms with van der Waals surface area (Å²) in [5, 5.41) is 0. The topological polar surface area (TPSA) is 89.7 Å². The van der Waals surface area contributed by atoms with Crippen molar-refractivity contribution in [3.63, 3.8) is 0 Å². The van der Waals surface area contributed by atoms with Crippen molar-refractivity contribution < 1.29 is 40.5 Å². The Morgan fingerprint density at radius 3 is 2.32 bits per heavy atom. The van der Waals surface area contributed by atoms with E-state index in [2.05, 4.69) is 0 Å². The average molecular weight is 349 g/mol. The molecule has 0 bridgehead atoms. The maximum atomic E-state index is 12.2. The van der Waals surface area contributed by atoms with Crippen molar-refractivity contribution in [2.75, 3.05) is 39.6 Å². The van der Waals surface area contributed by atoms with Crippen molar-refractivity contribution in [3.05, 3.63) is 0 Å². The Kier molecular flexibility index (Phi) is 6.02. The Morgan fingerprint density at radius 2 is 1.77 bits per heavy atom. The van der Waals surface area contributed by atoms with Gasteiger partial charge in [0.05, 0.1) is 39.1 Å². The smallest absolute Gasteiger partial charge is 0.376 e. The number of alkyl halides is 3. The molecule has 2 aliphatic rings. The van der Waals surface area contributed by atoms with E-state index in [1.165, 1.54) is 4.72 Å². The summed E-state index contributed by atoms with van der Waals surface area (Å²) < 4.78 is 80.5. The van der Waals surface area contributed by atoms with E-state index in [0.29, 0.717) is 26.4 Å². The number of hydrogen-bond donors (Lipinski definition) is 1. The van der Waals surface area contributed by atoms with E-state index in [1.54, 1.807) is 0 Å². The molecule has 0 aromatic heterocycles. The van der Waals surface area contributed by atoms with Gasteiger partial charge >= 0.3 is 15.5 Å². The Bertz CT molecular complexity index is 449. The zero-order valence-electron chi connectivity index (χ0n) is 11.7. The molecule has 2 saturated heterocycles. The molecule has 0 saturated carbocycles. The molecule has 2 rings (SSSR count). The quantitative estimate of drug-likeness (QED) is 0.529. The number of epoxide rings is 2. The zero-order valence-corrected chi connectivity index (χ0v) is 12.5. The lowest BCUT2D eigenvalue weighted by Crippen LogP contribution is -2.38. The second-order valence-electron chi connectivity index (χ2n) is 5.04. The number of sulfonamides is 1. The molecule has 0 aliphatic carbocycles. The number of rotatable bonds is 11. The van der Waals surface area contributed by atoms with E-state index in [4.69, 9.17) is 18.9 Å². The molecular weight excluding hydrogens is 331 g/mol. The fourth-order valence-corrected chi connectivity index (χ4v) is 2.10. The van der Waals surface area contributed by atoms with Crippen LogP contribution in [0.1, 0.15) is 6.42 Å². The minimum Gasteiger partial charge on any atom is -0.376 e. The second-order valence-corrected chi connectivity index (χ2v) is 6.79. The van der Waals surface area contributed by atoms with Crippen LogP contribution in [0.5, 0.6) is 0 Å². The summed E-state index contributed by atoms with van der Waals surface area (Å²) in [7, 11) is -5.33. The van der Waals surface area contributed by atoms with Crippen molar-refractivity contribution in [2.45, 2.75) is 30.2 Å². The molecule has 1 N–H and O–H groups in total. The molecule has 0 aromatic rings. The van der Waals surface area contributed by atoms with Crippen LogP contribution in [-0.2, 0) is 29.0 Å². The third kappa shape index (κ3) is 6.34. The molecule has 3 unspecified atom stereocenters. The van der Waals surface area contributed by atoms with Crippen LogP contribution < -0.4 is 4.72 Å². The fraction of sp³-hybridized carbons (Fsp3) is 1.00. The van der Waals surface area contributed by atoms with Crippen LogP contribution in [0.15, 0.2) is 0 Å². The highest BCUT2D eigenvalue weighted by Gasteiger charge is 2.45. The van der Waals surface area contributed by atoms with Gasteiger partial charge in [-0.25, -0.2) is 13.1 Å². The van der Waals surface area contributed by atoms with Crippen LogP contribution in [0.25, 0.3) is 0 Å². The monoisotopic (exact) mass is 349 g/mol.